The van der Waals surface area contributed by atoms with Crippen molar-refractivity contribution in [2.45, 2.75) is 0 Å². The minimum Gasteiger partial charge on any atom is -0.289 e. The highest BCUT2D eigenvalue weighted by Gasteiger charge is 2.21. The van der Waals surface area contributed by atoms with Crippen LogP contribution in [0.4, 0.5) is 0 Å². The van der Waals surface area contributed by atoms with Crippen molar-refractivity contribution < 1.29 is 0 Å². The fourth-order valence-corrected chi connectivity index (χ4v) is 5.33. The van der Waals surface area contributed by atoms with Crippen LogP contribution < -0.4 is 11.0 Å². The van der Waals surface area contributed by atoms with E-state index in [1.165, 1.54) is 0 Å². The lowest BCUT2D eigenvalue weighted by Gasteiger charge is -2.16. The summed E-state index contributed by atoms with van der Waals surface area (Å²) < 4.78 is 1.77. The summed E-state index contributed by atoms with van der Waals surface area (Å²) >= 11 is 0. The van der Waals surface area contributed by atoms with Crippen molar-refractivity contribution in [3.8, 4) is 27.9 Å². The standard InChI is InChI=1S/C32H19NO2/c34-31-25-13-7-15-27-29(25)30-26(31)14-8-16-28(30)33(32(27)35)24-18-22(20-9-3-1-4-10-20)17-23(19-24)21-11-5-2-6-12-21/h1-19H. The first kappa shape index (κ1) is 19.7. The summed E-state index contributed by atoms with van der Waals surface area (Å²) in [5.74, 6) is 0. The summed E-state index contributed by atoms with van der Waals surface area (Å²) in [6.45, 7) is 0. The molecule has 0 aliphatic carbocycles. The van der Waals surface area contributed by atoms with Gasteiger partial charge >= 0.3 is 0 Å². The van der Waals surface area contributed by atoms with Gasteiger partial charge in [0.05, 0.1) is 11.2 Å². The molecule has 0 aliphatic rings. The summed E-state index contributed by atoms with van der Waals surface area (Å²) in [5, 5.41) is 3.46. The summed E-state index contributed by atoms with van der Waals surface area (Å²) in [7, 11) is 0. The zero-order chi connectivity index (χ0) is 23.5. The largest absolute Gasteiger partial charge is 0.289 e. The van der Waals surface area contributed by atoms with Gasteiger partial charge in [-0.3, -0.25) is 14.2 Å². The van der Waals surface area contributed by atoms with Crippen LogP contribution in [0.2, 0.25) is 0 Å². The van der Waals surface area contributed by atoms with Gasteiger partial charge in [-0.2, -0.15) is 0 Å². The predicted octanol–water partition coefficient (Wildman–Crippen LogP) is 6.87. The van der Waals surface area contributed by atoms with Gasteiger partial charge in [-0.15, -0.1) is 0 Å². The van der Waals surface area contributed by atoms with Gasteiger partial charge in [-0.05, 0) is 52.6 Å². The Kier molecular flexibility index (Phi) is 4.15. The minimum atomic E-state index is -0.120. The van der Waals surface area contributed by atoms with Gasteiger partial charge in [0.15, 0.2) is 5.43 Å². The van der Waals surface area contributed by atoms with Gasteiger partial charge in [0.2, 0.25) is 0 Å². The first-order valence-corrected chi connectivity index (χ1v) is 11.6. The molecule has 0 atom stereocenters. The fraction of sp³-hybridized carbons (Fsp3) is 0. The van der Waals surface area contributed by atoms with E-state index in [4.69, 9.17) is 0 Å². The number of rotatable bonds is 3. The van der Waals surface area contributed by atoms with Crippen molar-refractivity contribution in [2.75, 3.05) is 0 Å². The maximum atomic E-state index is 14.0. The molecule has 0 aliphatic heterocycles. The van der Waals surface area contributed by atoms with Crippen LogP contribution in [0, 0.1) is 0 Å². The minimum absolute atomic E-state index is 0.0173. The third-order valence-corrected chi connectivity index (χ3v) is 6.91. The Morgan fingerprint density at radius 2 is 1.00 bits per heavy atom. The van der Waals surface area contributed by atoms with Crippen molar-refractivity contribution in [2.24, 2.45) is 0 Å². The number of hydrogen-bond acceptors (Lipinski definition) is 2. The quantitative estimate of drug-likeness (QED) is 0.276. The normalized spacial score (nSPS) is 11.7. The van der Waals surface area contributed by atoms with Crippen LogP contribution in [-0.4, -0.2) is 4.57 Å². The molecule has 7 aromatic rings. The lowest BCUT2D eigenvalue weighted by Crippen LogP contribution is -2.19. The second kappa shape index (κ2) is 7.37. The molecular formula is C32H19NO2. The molecule has 1 heterocycles. The molecule has 6 aromatic carbocycles. The second-order valence-corrected chi connectivity index (χ2v) is 8.90. The number of hydrogen-bond donors (Lipinski definition) is 0. The van der Waals surface area contributed by atoms with E-state index >= 15 is 0 Å². The van der Waals surface area contributed by atoms with Crippen LogP contribution in [0.1, 0.15) is 0 Å². The maximum absolute atomic E-state index is 14.0. The van der Waals surface area contributed by atoms with E-state index in [1.54, 1.807) is 10.6 Å². The van der Waals surface area contributed by atoms with Gasteiger partial charge < -0.3 is 0 Å². The van der Waals surface area contributed by atoms with E-state index in [1.807, 2.05) is 66.7 Å². The van der Waals surface area contributed by atoms with Crippen molar-refractivity contribution in [3.63, 3.8) is 0 Å². The monoisotopic (exact) mass is 449 g/mol. The van der Waals surface area contributed by atoms with E-state index in [9.17, 15) is 9.59 Å². The van der Waals surface area contributed by atoms with Crippen LogP contribution in [0.5, 0.6) is 0 Å². The molecule has 0 unspecified atom stereocenters. The molecule has 3 nitrogen and oxygen atoms in total. The van der Waals surface area contributed by atoms with Crippen LogP contribution in [-0.2, 0) is 0 Å². The molecule has 3 heteroatoms. The van der Waals surface area contributed by atoms with Gasteiger partial charge in [-0.1, -0.05) is 84.9 Å². The average Bonchev–Trinajstić information content (AvgIpc) is 3.22. The molecule has 1 aromatic heterocycles. The highest BCUT2D eigenvalue weighted by Crippen LogP contribution is 2.35. The fourth-order valence-electron chi connectivity index (χ4n) is 5.33. The summed E-state index contributed by atoms with van der Waals surface area (Å²) in [6, 6.07) is 37.7. The first-order valence-electron chi connectivity index (χ1n) is 11.6. The highest BCUT2D eigenvalue weighted by molar-refractivity contribution is 6.24. The van der Waals surface area contributed by atoms with Crippen molar-refractivity contribution in [3.05, 3.63) is 136 Å². The summed E-state index contributed by atoms with van der Waals surface area (Å²) in [4.78, 5) is 27.1. The van der Waals surface area contributed by atoms with Gasteiger partial charge in [0.25, 0.3) is 5.56 Å². The maximum Gasteiger partial charge on any atom is 0.263 e. The topological polar surface area (TPSA) is 39.1 Å². The molecule has 7 rings (SSSR count). The Balaban J connectivity index is 1.63. The molecule has 0 saturated heterocycles. The Morgan fingerprint density at radius 3 is 1.63 bits per heavy atom. The average molecular weight is 450 g/mol. The molecule has 0 radical (unpaired) electrons. The molecule has 0 fully saturated rings. The van der Waals surface area contributed by atoms with E-state index in [2.05, 4.69) is 42.5 Å². The van der Waals surface area contributed by atoms with Crippen LogP contribution in [0.15, 0.2) is 125 Å². The van der Waals surface area contributed by atoms with Gasteiger partial charge in [0, 0.05) is 26.9 Å². The van der Waals surface area contributed by atoms with Crippen molar-refractivity contribution in [1.82, 2.24) is 4.57 Å². The number of benzene rings is 5. The van der Waals surface area contributed by atoms with Crippen LogP contribution in [0.25, 0.3) is 60.4 Å². The van der Waals surface area contributed by atoms with Gasteiger partial charge in [-0.25, -0.2) is 0 Å². The first-order chi connectivity index (χ1) is 17.2. The predicted molar refractivity (Wildman–Crippen MR) is 144 cm³/mol. The third-order valence-electron chi connectivity index (χ3n) is 6.91. The molecule has 164 valence electrons. The van der Waals surface area contributed by atoms with E-state index < -0.39 is 0 Å². The molecule has 0 N–H and O–H groups in total. The Bertz CT molecular complexity index is 1910. The molecule has 0 amide bonds. The Labute approximate surface area is 200 Å². The van der Waals surface area contributed by atoms with Crippen molar-refractivity contribution >= 4 is 32.4 Å². The summed E-state index contributed by atoms with van der Waals surface area (Å²) in [5.41, 5.74) is 5.60. The lowest BCUT2D eigenvalue weighted by atomic mass is 9.97. The summed E-state index contributed by atoms with van der Waals surface area (Å²) in [6.07, 6.45) is 0. The molecular weight excluding hydrogens is 430 g/mol. The Hall–Kier alpha value is -4.76. The number of aromatic nitrogens is 1. The number of nitrogens with zero attached hydrogens (tertiary/aromatic N) is 1. The van der Waals surface area contributed by atoms with Crippen LogP contribution >= 0.6 is 0 Å². The smallest absolute Gasteiger partial charge is 0.263 e. The van der Waals surface area contributed by atoms with E-state index in [-0.39, 0.29) is 11.0 Å². The second-order valence-electron chi connectivity index (χ2n) is 8.90. The zero-order valence-electron chi connectivity index (χ0n) is 18.7. The van der Waals surface area contributed by atoms with E-state index in [0.29, 0.717) is 16.2 Å². The molecule has 0 spiro atoms. The van der Waals surface area contributed by atoms with E-state index in [0.717, 1.165) is 44.2 Å². The SMILES string of the molecule is O=c1c2cccc3c(=O)n(-c4cc(-c5ccccc5)cc(-c5ccccc5)c4)c4cccc1c4c23. The molecule has 35 heavy (non-hydrogen) atoms. The van der Waals surface area contributed by atoms with Crippen LogP contribution in [0.3, 0.4) is 0 Å². The molecule has 0 bridgehead atoms. The zero-order valence-corrected chi connectivity index (χ0v) is 18.7. The Morgan fingerprint density at radius 1 is 0.457 bits per heavy atom. The van der Waals surface area contributed by atoms with Gasteiger partial charge in [0.1, 0.15) is 0 Å². The number of pyridine rings is 1. The molecule has 0 saturated carbocycles. The third kappa shape index (κ3) is 2.85. The highest BCUT2D eigenvalue weighted by atomic mass is 16.1. The van der Waals surface area contributed by atoms with Crippen molar-refractivity contribution in [1.29, 1.82) is 0 Å². The lowest BCUT2D eigenvalue weighted by molar-refractivity contribution is 1.06.